The molecule has 0 amide bonds. The molecule has 4 atom stereocenters. The molecule has 4 unspecified atom stereocenters. The van der Waals surface area contributed by atoms with Gasteiger partial charge < -0.3 is 60.2 Å². The number of esters is 2. The lowest BCUT2D eigenvalue weighted by Gasteiger charge is -2.22. The van der Waals surface area contributed by atoms with Gasteiger partial charge in [0, 0.05) is 24.5 Å². The van der Waals surface area contributed by atoms with E-state index in [0.29, 0.717) is 0 Å². The molecule has 4 aromatic rings. The van der Waals surface area contributed by atoms with Gasteiger partial charge in [-0.3, -0.25) is 4.79 Å². The Morgan fingerprint density at radius 2 is 1.13 bits per heavy atom. The van der Waals surface area contributed by atoms with Crippen LogP contribution in [0.2, 0.25) is 0 Å². The predicted molar refractivity (Wildman–Crippen MR) is 175 cm³/mol. The summed E-state index contributed by atoms with van der Waals surface area (Å²) in [4.78, 5) is 50.9. The summed E-state index contributed by atoms with van der Waals surface area (Å²) in [5.74, 6) is -10.8. The number of carbonyl (C=O) groups is 4. The van der Waals surface area contributed by atoms with Crippen LogP contribution in [0, 0.1) is 0 Å². The van der Waals surface area contributed by atoms with Crippen LogP contribution in [0.3, 0.4) is 0 Å². The first-order valence-electron chi connectivity index (χ1n) is 15.2. The second-order valence-corrected chi connectivity index (χ2v) is 11.6. The van der Waals surface area contributed by atoms with Gasteiger partial charge in [0.1, 0.15) is 12.0 Å². The number of hydrogen-bond acceptors (Lipinski definition) is 14. The van der Waals surface area contributed by atoms with Crippen molar-refractivity contribution in [1.29, 1.82) is 0 Å². The molecule has 0 saturated heterocycles. The van der Waals surface area contributed by atoms with Crippen LogP contribution in [0.15, 0.2) is 72.8 Å². The summed E-state index contributed by atoms with van der Waals surface area (Å²) in [6, 6.07) is 13.0. The smallest absolute Gasteiger partial charge is 0.345 e. The van der Waals surface area contributed by atoms with Gasteiger partial charge in [-0.1, -0.05) is 24.3 Å². The Hall–Kier alpha value is -7.10. The minimum absolute atomic E-state index is 0.0443. The Labute approximate surface area is 292 Å². The van der Waals surface area contributed by atoms with Crippen molar-refractivity contribution in [1.82, 2.24) is 0 Å². The van der Waals surface area contributed by atoms with Gasteiger partial charge >= 0.3 is 23.9 Å². The van der Waals surface area contributed by atoms with Crippen LogP contribution in [0.5, 0.6) is 46.0 Å². The van der Waals surface area contributed by atoms with Crippen LogP contribution in [0.4, 0.5) is 0 Å². The number of carboxylic acids is 2. The van der Waals surface area contributed by atoms with E-state index in [9.17, 15) is 65.1 Å². The monoisotopic (exact) mass is 718 g/mol. The Bertz CT molecular complexity index is 2090. The van der Waals surface area contributed by atoms with Crippen LogP contribution in [0.25, 0.3) is 6.08 Å². The first-order valence-corrected chi connectivity index (χ1v) is 15.2. The minimum Gasteiger partial charge on any atom is -0.504 e. The number of aliphatic carboxylic acids is 2. The SMILES string of the molecule is O=C(/C=C\c1ccc(O)c2c1C(C(=O)OC(Cc1ccc(O)c(O)c1)C(=O)O)C(c1ccc(O)c(O)c1)O2)OC(Cc1ccc(O)c(O)c1)C(=O)O. The lowest BCUT2D eigenvalue weighted by molar-refractivity contribution is -0.166. The van der Waals surface area contributed by atoms with E-state index in [1.54, 1.807) is 0 Å². The number of aromatic hydroxyl groups is 7. The zero-order valence-corrected chi connectivity index (χ0v) is 26.6. The molecule has 1 aliphatic heterocycles. The average molecular weight is 719 g/mol. The Morgan fingerprint density at radius 1 is 0.635 bits per heavy atom. The van der Waals surface area contributed by atoms with Crippen molar-refractivity contribution >= 4 is 30.0 Å². The molecule has 5 rings (SSSR count). The molecule has 16 nitrogen and oxygen atoms in total. The molecule has 0 aliphatic carbocycles. The molecule has 4 aromatic carbocycles. The number of fused-ring (bicyclic) bond motifs is 1. The third-order valence-electron chi connectivity index (χ3n) is 8.04. The van der Waals surface area contributed by atoms with Gasteiger partial charge in [0.25, 0.3) is 0 Å². The number of benzene rings is 4. The van der Waals surface area contributed by atoms with Crippen molar-refractivity contribution in [3.05, 3.63) is 101 Å². The maximum absolute atomic E-state index is 13.9. The Morgan fingerprint density at radius 3 is 1.65 bits per heavy atom. The summed E-state index contributed by atoms with van der Waals surface area (Å²) in [7, 11) is 0. The number of phenols is 7. The molecule has 0 radical (unpaired) electrons. The predicted octanol–water partition coefficient (Wildman–Crippen LogP) is 3.33. The fraction of sp³-hybridized carbons (Fsp3) is 0.167. The number of carboxylic acid groups (broad SMARTS) is 2. The second kappa shape index (κ2) is 14.8. The van der Waals surface area contributed by atoms with Gasteiger partial charge in [0.15, 0.2) is 46.0 Å². The van der Waals surface area contributed by atoms with Gasteiger partial charge in [0.2, 0.25) is 12.2 Å². The fourth-order valence-corrected chi connectivity index (χ4v) is 5.49. The fourth-order valence-electron chi connectivity index (χ4n) is 5.49. The largest absolute Gasteiger partial charge is 0.504 e. The number of carbonyl (C=O) groups excluding carboxylic acids is 2. The van der Waals surface area contributed by atoms with Gasteiger partial charge in [0.05, 0.1) is 0 Å². The van der Waals surface area contributed by atoms with Crippen LogP contribution in [-0.4, -0.2) is 82.0 Å². The zero-order chi connectivity index (χ0) is 37.9. The highest BCUT2D eigenvalue weighted by Crippen LogP contribution is 2.53. The quantitative estimate of drug-likeness (QED) is 0.0577. The molecular formula is C36H30O16. The molecule has 9 N–H and O–H groups in total. The summed E-state index contributed by atoms with van der Waals surface area (Å²) in [5, 5.41) is 89.1. The molecule has 52 heavy (non-hydrogen) atoms. The van der Waals surface area contributed by atoms with Crippen LogP contribution in [-0.2, 0) is 41.5 Å². The normalized spacial score (nSPS) is 16.0. The molecule has 1 heterocycles. The molecule has 0 fully saturated rings. The summed E-state index contributed by atoms with van der Waals surface area (Å²) < 4.78 is 16.5. The summed E-state index contributed by atoms with van der Waals surface area (Å²) in [6.07, 6.45) is -3.85. The number of phenolic OH excluding ortho intramolecular Hbond substituents is 7. The lowest BCUT2D eigenvalue weighted by Crippen LogP contribution is -2.33. The molecule has 0 spiro atoms. The first-order chi connectivity index (χ1) is 24.6. The molecule has 270 valence electrons. The minimum atomic E-state index is -1.84. The zero-order valence-electron chi connectivity index (χ0n) is 26.6. The van der Waals surface area contributed by atoms with E-state index in [2.05, 4.69) is 0 Å². The topological polar surface area (TPSA) is 278 Å². The maximum Gasteiger partial charge on any atom is 0.345 e. The highest BCUT2D eigenvalue weighted by Gasteiger charge is 2.46. The Kier molecular flexibility index (Phi) is 10.3. The maximum atomic E-state index is 13.9. The molecular weight excluding hydrogens is 688 g/mol. The standard InChI is InChI=1S/C36H30O16/c37-20-6-1-16(11-24(20)41)13-27(34(45)46)50-29(44)10-5-18-3-9-23(40)33-30(18)31(32(52-33)19-4-8-22(39)26(43)15-19)36(49)51-28(35(47)48)14-17-2-7-21(38)25(42)12-17/h1-12,15,27-28,31-32,37-43H,13-14H2,(H,45,46)(H,47,48)/b10-5-. The van der Waals surface area contributed by atoms with Crippen LogP contribution >= 0.6 is 0 Å². The van der Waals surface area contributed by atoms with Crippen molar-refractivity contribution in [3.8, 4) is 46.0 Å². The first kappa shape index (κ1) is 36.2. The Balaban J connectivity index is 1.47. The van der Waals surface area contributed by atoms with Crippen molar-refractivity contribution in [2.45, 2.75) is 37.1 Å². The van der Waals surface area contributed by atoms with Crippen LogP contribution < -0.4 is 4.74 Å². The van der Waals surface area contributed by atoms with Crippen molar-refractivity contribution in [2.24, 2.45) is 0 Å². The molecule has 0 aromatic heterocycles. The third-order valence-corrected chi connectivity index (χ3v) is 8.04. The van der Waals surface area contributed by atoms with Gasteiger partial charge in [-0.05, 0) is 70.8 Å². The lowest BCUT2D eigenvalue weighted by atomic mass is 9.87. The van der Waals surface area contributed by atoms with Crippen LogP contribution in [0.1, 0.15) is 39.8 Å². The van der Waals surface area contributed by atoms with Crippen molar-refractivity contribution in [3.63, 3.8) is 0 Å². The third kappa shape index (κ3) is 7.86. The van der Waals surface area contributed by atoms with E-state index in [0.717, 1.165) is 54.6 Å². The van der Waals surface area contributed by atoms with E-state index in [1.807, 2.05) is 0 Å². The molecule has 16 heteroatoms. The van der Waals surface area contributed by atoms with Gasteiger partial charge in [-0.2, -0.15) is 0 Å². The van der Waals surface area contributed by atoms with E-state index in [4.69, 9.17) is 14.2 Å². The molecule has 0 bridgehead atoms. The number of hydrogen-bond donors (Lipinski definition) is 9. The number of rotatable bonds is 12. The van der Waals surface area contributed by atoms with Gasteiger partial charge in [-0.15, -0.1) is 0 Å². The van der Waals surface area contributed by atoms with E-state index in [-0.39, 0.29) is 40.0 Å². The summed E-state index contributed by atoms with van der Waals surface area (Å²) >= 11 is 0. The van der Waals surface area contributed by atoms with E-state index < -0.39 is 94.8 Å². The summed E-state index contributed by atoms with van der Waals surface area (Å²) in [5.41, 5.74) is 0.445. The number of ether oxygens (including phenoxy) is 3. The molecule has 1 aliphatic rings. The van der Waals surface area contributed by atoms with E-state index >= 15 is 0 Å². The van der Waals surface area contributed by atoms with Crippen molar-refractivity contribution in [2.75, 3.05) is 0 Å². The molecule has 0 saturated carbocycles. The van der Waals surface area contributed by atoms with Crippen molar-refractivity contribution < 1.29 is 79.3 Å². The average Bonchev–Trinajstić information content (AvgIpc) is 3.50. The van der Waals surface area contributed by atoms with Gasteiger partial charge in [-0.25, -0.2) is 14.4 Å². The highest BCUT2D eigenvalue weighted by molar-refractivity contribution is 5.92. The second-order valence-electron chi connectivity index (χ2n) is 11.6. The summed E-state index contributed by atoms with van der Waals surface area (Å²) in [6.45, 7) is 0. The van der Waals surface area contributed by atoms with E-state index in [1.165, 1.54) is 24.3 Å². The highest BCUT2D eigenvalue weighted by atomic mass is 16.6.